The zero-order valence-corrected chi connectivity index (χ0v) is 13.8. The van der Waals surface area contributed by atoms with Crippen LogP contribution in [0, 0.1) is 10.1 Å². The molecule has 0 bridgehead atoms. The van der Waals surface area contributed by atoms with Gasteiger partial charge in [0.1, 0.15) is 0 Å². The molecule has 9 heteroatoms. The van der Waals surface area contributed by atoms with E-state index in [0.717, 1.165) is 10.6 Å². The van der Waals surface area contributed by atoms with Gasteiger partial charge in [-0.25, -0.2) is 0 Å². The molecular formula is C13H9N3O4SSe. The zero-order chi connectivity index (χ0) is 15.7. The van der Waals surface area contributed by atoms with Gasteiger partial charge in [0.15, 0.2) is 0 Å². The Morgan fingerprint density at radius 3 is 2.45 bits per heavy atom. The normalized spacial score (nSPS) is 15.6. The van der Waals surface area contributed by atoms with E-state index < -0.39 is 19.2 Å². The fraction of sp³-hybridized carbons (Fsp3) is 0.0769. The molecule has 0 radical (unpaired) electrons. The molecule has 2 aromatic carbocycles. The summed E-state index contributed by atoms with van der Waals surface area (Å²) in [6.45, 7) is 0. The second kappa shape index (κ2) is 5.96. The van der Waals surface area contributed by atoms with E-state index in [9.17, 15) is 13.9 Å². The van der Waals surface area contributed by atoms with E-state index in [1.807, 2.05) is 24.3 Å². The predicted octanol–water partition coefficient (Wildman–Crippen LogP) is 1.42. The van der Waals surface area contributed by atoms with Gasteiger partial charge in [-0.2, -0.15) is 0 Å². The SMILES string of the molecule is COc1ccc(Sc2ccc([N+](=O)[O-])c3c2=N[Se](=O)N=3)cc1. The van der Waals surface area contributed by atoms with Crippen LogP contribution in [-0.2, 0) is 3.83 Å². The number of rotatable bonds is 4. The molecule has 0 N–H and O–H groups in total. The maximum atomic E-state index is 11.6. The zero-order valence-electron chi connectivity index (χ0n) is 11.3. The van der Waals surface area contributed by atoms with Crippen LogP contribution in [0.25, 0.3) is 0 Å². The molecule has 0 aliphatic carbocycles. The number of hydrogen-bond donors (Lipinski definition) is 0. The number of ether oxygens (including phenoxy) is 1. The van der Waals surface area contributed by atoms with Gasteiger partial charge in [0.05, 0.1) is 0 Å². The van der Waals surface area contributed by atoms with Gasteiger partial charge >= 0.3 is 133 Å². The van der Waals surface area contributed by atoms with Gasteiger partial charge in [0.2, 0.25) is 0 Å². The van der Waals surface area contributed by atoms with Crippen molar-refractivity contribution in [2.45, 2.75) is 9.79 Å². The number of hydrogen-bond acceptors (Lipinski definition) is 5. The first-order chi connectivity index (χ1) is 10.6. The summed E-state index contributed by atoms with van der Waals surface area (Å²) in [5.74, 6) is 0.740. The molecule has 0 aromatic heterocycles. The molecule has 1 aliphatic heterocycles. The van der Waals surface area contributed by atoms with Crippen molar-refractivity contribution in [3.05, 3.63) is 57.2 Å². The van der Waals surface area contributed by atoms with E-state index in [4.69, 9.17) is 4.74 Å². The number of benzene rings is 2. The summed E-state index contributed by atoms with van der Waals surface area (Å²) in [4.78, 5) is 12.1. The first kappa shape index (κ1) is 14.8. The van der Waals surface area contributed by atoms with Gasteiger partial charge in [-0.1, -0.05) is 0 Å². The minimum atomic E-state index is -2.76. The van der Waals surface area contributed by atoms with Crippen LogP contribution in [0.15, 0.2) is 54.2 Å². The molecule has 0 fully saturated rings. The van der Waals surface area contributed by atoms with Gasteiger partial charge < -0.3 is 0 Å². The van der Waals surface area contributed by atoms with Gasteiger partial charge in [0.25, 0.3) is 0 Å². The summed E-state index contributed by atoms with van der Waals surface area (Å²) in [6.07, 6.45) is 0. The van der Waals surface area contributed by atoms with Crippen LogP contribution in [0.1, 0.15) is 0 Å². The number of non-ortho nitro benzene ring substituents is 1. The third-order valence-corrected chi connectivity index (χ3v) is 5.39. The van der Waals surface area contributed by atoms with Crippen LogP contribution < -0.4 is 15.5 Å². The Morgan fingerprint density at radius 2 is 1.82 bits per heavy atom. The van der Waals surface area contributed by atoms with E-state index in [0.29, 0.717) is 10.3 Å². The van der Waals surface area contributed by atoms with Crippen molar-refractivity contribution in [2.24, 2.45) is 8.02 Å². The minimum absolute atomic E-state index is 0.114. The number of nitro groups is 1. The van der Waals surface area contributed by atoms with Gasteiger partial charge in [-0.05, 0) is 0 Å². The molecule has 3 rings (SSSR count). The molecule has 1 heterocycles. The topological polar surface area (TPSA) is 94.2 Å². The summed E-state index contributed by atoms with van der Waals surface area (Å²) in [5.41, 5.74) is -0.167. The second-order valence-electron chi connectivity index (χ2n) is 4.23. The maximum absolute atomic E-state index is 11.6. The molecule has 22 heavy (non-hydrogen) atoms. The predicted molar refractivity (Wildman–Crippen MR) is 79.0 cm³/mol. The molecule has 1 atom stereocenters. The molecule has 0 amide bonds. The van der Waals surface area contributed by atoms with E-state index in [1.165, 1.54) is 17.8 Å². The number of fused-ring (bicyclic) bond motifs is 1. The first-order valence-electron chi connectivity index (χ1n) is 6.07. The Morgan fingerprint density at radius 1 is 1.14 bits per heavy atom. The molecule has 7 nitrogen and oxygen atoms in total. The van der Waals surface area contributed by atoms with Crippen LogP contribution in [-0.4, -0.2) is 26.3 Å². The van der Waals surface area contributed by atoms with Crippen LogP contribution >= 0.6 is 11.8 Å². The van der Waals surface area contributed by atoms with Crippen molar-refractivity contribution >= 4 is 31.7 Å². The molecule has 0 saturated carbocycles. The first-order valence-corrected chi connectivity index (χ1v) is 9.12. The summed E-state index contributed by atoms with van der Waals surface area (Å²) >= 11 is -1.37. The number of methoxy groups -OCH3 is 1. The fourth-order valence-electron chi connectivity index (χ4n) is 1.91. The molecular weight excluding hydrogens is 373 g/mol. The van der Waals surface area contributed by atoms with Crippen molar-refractivity contribution in [1.29, 1.82) is 0 Å². The van der Waals surface area contributed by atoms with E-state index in [1.54, 1.807) is 13.2 Å². The van der Waals surface area contributed by atoms with Crippen molar-refractivity contribution in [1.82, 2.24) is 0 Å². The van der Waals surface area contributed by atoms with Crippen LogP contribution in [0.3, 0.4) is 0 Å². The van der Waals surface area contributed by atoms with E-state index in [2.05, 4.69) is 8.02 Å². The summed E-state index contributed by atoms with van der Waals surface area (Å²) < 4.78 is 24.5. The van der Waals surface area contributed by atoms with Crippen molar-refractivity contribution in [2.75, 3.05) is 7.11 Å². The molecule has 1 aliphatic rings. The van der Waals surface area contributed by atoms with Crippen molar-refractivity contribution in [3.8, 4) is 5.75 Å². The van der Waals surface area contributed by atoms with E-state index >= 15 is 0 Å². The average molecular weight is 382 g/mol. The number of nitrogens with zero attached hydrogens (tertiary/aromatic N) is 3. The van der Waals surface area contributed by atoms with Gasteiger partial charge in [-0.15, -0.1) is 0 Å². The fourth-order valence-corrected chi connectivity index (χ4v) is 4.44. The summed E-state index contributed by atoms with van der Waals surface area (Å²) in [5, 5.41) is 11.5. The van der Waals surface area contributed by atoms with Crippen LogP contribution in [0.2, 0.25) is 0 Å². The Labute approximate surface area is 133 Å². The Balaban J connectivity index is 2.05. The van der Waals surface area contributed by atoms with Crippen LogP contribution in [0.4, 0.5) is 5.69 Å². The molecule has 0 saturated heterocycles. The third kappa shape index (κ3) is 2.78. The number of nitro benzene ring substituents is 1. The van der Waals surface area contributed by atoms with Gasteiger partial charge in [0, 0.05) is 0 Å². The molecule has 1 unspecified atom stereocenters. The second-order valence-corrected chi connectivity index (χ2v) is 7.08. The average Bonchev–Trinajstić information content (AvgIpc) is 2.89. The quantitative estimate of drug-likeness (QED) is 0.453. The van der Waals surface area contributed by atoms with Crippen LogP contribution in [0.5, 0.6) is 5.75 Å². The third-order valence-electron chi connectivity index (χ3n) is 2.92. The Kier molecular flexibility index (Phi) is 4.02. The van der Waals surface area contributed by atoms with Crippen molar-refractivity contribution in [3.63, 3.8) is 0 Å². The summed E-state index contributed by atoms with van der Waals surface area (Å²) in [6, 6.07) is 10.4. The summed E-state index contributed by atoms with van der Waals surface area (Å²) in [7, 11) is 1.59. The Hall–Kier alpha value is -2.09. The molecule has 2 aromatic rings. The standard InChI is InChI=1S/C13H9N3O4SSe/c1-20-8-2-4-9(5-3-8)21-11-7-6-10(16(17)18)12-13(11)15-22(19)14-12/h2-7H,1H3. The van der Waals surface area contributed by atoms with Gasteiger partial charge in [-0.3, -0.25) is 0 Å². The van der Waals surface area contributed by atoms with Crippen molar-refractivity contribution < 1.29 is 13.5 Å². The van der Waals surface area contributed by atoms with E-state index in [-0.39, 0.29) is 11.0 Å². The monoisotopic (exact) mass is 383 g/mol. The molecule has 112 valence electrons. The Bertz CT molecular complexity index is 899. The molecule has 0 spiro atoms.